The van der Waals surface area contributed by atoms with Gasteiger partial charge in [-0.25, -0.2) is 0 Å². The summed E-state index contributed by atoms with van der Waals surface area (Å²) in [7, 11) is 1.98. The van der Waals surface area contributed by atoms with Crippen molar-refractivity contribution in [3.63, 3.8) is 0 Å². The van der Waals surface area contributed by atoms with Gasteiger partial charge in [-0.3, -0.25) is 4.68 Å². The van der Waals surface area contributed by atoms with Gasteiger partial charge in [0, 0.05) is 17.1 Å². The Kier molecular flexibility index (Phi) is 3.50. The predicted octanol–water partition coefficient (Wildman–Crippen LogP) is 4.17. The first kappa shape index (κ1) is 11.9. The second-order valence-corrected chi connectivity index (χ2v) is 5.21. The number of rotatable bonds is 2. The van der Waals surface area contributed by atoms with Crippen LogP contribution in [0.15, 0.2) is 33.2 Å². The minimum absolute atomic E-state index is 0.967. The lowest BCUT2D eigenvalue weighted by Crippen LogP contribution is -1.96. The van der Waals surface area contributed by atoms with Gasteiger partial charge < -0.3 is 0 Å². The lowest BCUT2D eigenvalue weighted by atomic mass is 10.1. The fourth-order valence-electron chi connectivity index (χ4n) is 1.74. The quantitative estimate of drug-likeness (QED) is 0.800. The summed E-state index contributed by atoms with van der Waals surface area (Å²) in [5.74, 6) is 0. The van der Waals surface area contributed by atoms with Crippen molar-refractivity contribution in [2.45, 2.75) is 13.3 Å². The van der Waals surface area contributed by atoms with Crippen LogP contribution in [0.4, 0.5) is 0 Å². The third-order valence-corrected chi connectivity index (χ3v) is 4.09. The van der Waals surface area contributed by atoms with Crippen molar-refractivity contribution in [1.29, 1.82) is 0 Å². The zero-order valence-corrected chi connectivity index (χ0v) is 12.3. The van der Waals surface area contributed by atoms with Gasteiger partial charge in [-0.1, -0.05) is 41.1 Å². The minimum Gasteiger partial charge on any atom is -0.271 e. The average molecular weight is 344 g/mol. The Morgan fingerprint density at radius 1 is 1.25 bits per heavy atom. The molecule has 0 N–H and O–H groups in total. The second-order valence-electron chi connectivity index (χ2n) is 3.57. The van der Waals surface area contributed by atoms with E-state index in [1.165, 1.54) is 5.69 Å². The highest BCUT2D eigenvalue weighted by Gasteiger charge is 2.15. The van der Waals surface area contributed by atoms with Crippen molar-refractivity contribution in [2.24, 2.45) is 7.05 Å². The largest absolute Gasteiger partial charge is 0.271 e. The van der Waals surface area contributed by atoms with Crippen LogP contribution in [0.2, 0.25) is 0 Å². The highest BCUT2D eigenvalue weighted by Crippen LogP contribution is 2.34. The molecule has 0 fully saturated rings. The minimum atomic E-state index is 0.967. The fourth-order valence-corrected chi connectivity index (χ4v) is 3.04. The molecular weight excluding hydrogens is 332 g/mol. The van der Waals surface area contributed by atoms with Gasteiger partial charge in [0.05, 0.1) is 10.2 Å². The first-order valence-electron chi connectivity index (χ1n) is 5.11. The summed E-state index contributed by atoms with van der Waals surface area (Å²) >= 11 is 7.18. The van der Waals surface area contributed by atoms with Crippen LogP contribution in [0.3, 0.4) is 0 Å². The smallest absolute Gasteiger partial charge is 0.108 e. The molecule has 0 bridgehead atoms. The van der Waals surface area contributed by atoms with E-state index in [1.807, 2.05) is 29.9 Å². The van der Waals surface area contributed by atoms with Crippen LogP contribution < -0.4 is 0 Å². The van der Waals surface area contributed by atoms with Crippen molar-refractivity contribution in [2.75, 3.05) is 0 Å². The number of hydrogen-bond donors (Lipinski definition) is 0. The van der Waals surface area contributed by atoms with Crippen molar-refractivity contribution < 1.29 is 0 Å². The van der Waals surface area contributed by atoms with Crippen LogP contribution in [-0.2, 0) is 13.5 Å². The molecule has 0 amide bonds. The first-order chi connectivity index (χ1) is 7.65. The first-order valence-corrected chi connectivity index (χ1v) is 6.70. The summed E-state index contributed by atoms with van der Waals surface area (Å²) in [5.41, 5.74) is 3.32. The molecule has 1 aromatic heterocycles. The number of aromatic nitrogens is 2. The van der Waals surface area contributed by atoms with Crippen molar-refractivity contribution in [3.8, 4) is 11.3 Å². The molecule has 84 valence electrons. The Bertz CT molecular complexity index is 518. The van der Waals surface area contributed by atoms with Crippen LogP contribution in [-0.4, -0.2) is 9.78 Å². The average Bonchev–Trinajstić information content (AvgIpc) is 2.55. The summed E-state index contributed by atoms with van der Waals surface area (Å²) < 4.78 is 4.08. The number of halogens is 2. The van der Waals surface area contributed by atoms with Gasteiger partial charge in [0.15, 0.2) is 0 Å². The number of hydrogen-bond acceptors (Lipinski definition) is 1. The number of benzene rings is 1. The normalized spacial score (nSPS) is 10.8. The van der Waals surface area contributed by atoms with Gasteiger partial charge in [0.25, 0.3) is 0 Å². The topological polar surface area (TPSA) is 17.8 Å². The Morgan fingerprint density at radius 3 is 2.50 bits per heavy atom. The second kappa shape index (κ2) is 4.72. The molecular formula is C12H12Br2N2. The molecule has 0 radical (unpaired) electrons. The van der Waals surface area contributed by atoms with E-state index in [-0.39, 0.29) is 0 Å². The Labute approximate surface area is 112 Å². The molecule has 0 saturated carbocycles. The van der Waals surface area contributed by atoms with Crippen molar-refractivity contribution >= 4 is 31.9 Å². The maximum atomic E-state index is 4.55. The van der Waals surface area contributed by atoms with Gasteiger partial charge >= 0.3 is 0 Å². The predicted molar refractivity (Wildman–Crippen MR) is 73.4 cm³/mol. The Hall–Kier alpha value is -0.610. The highest BCUT2D eigenvalue weighted by molar-refractivity contribution is 9.11. The monoisotopic (exact) mass is 342 g/mol. The molecule has 1 aromatic carbocycles. The summed E-state index contributed by atoms with van der Waals surface area (Å²) in [5, 5.41) is 4.55. The molecule has 2 aromatic rings. The molecule has 0 saturated heterocycles. The van der Waals surface area contributed by atoms with Crippen LogP contribution in [0, 0.1) is 0 Å². The Morgan fingerprint density at radius 2 is 1.94 bits per heavy atom. The summed E-state index contributed by atoms with van der Waals surface area (Å²) in [6.45, 7) is 2.13. The number of nitrogens with zero attached hydrogens (tertiary/aromatic N) is 2. The van der Waals surface area contributed by atoms with Crippen molar-refractivity contribution in [3.05, 3.63) is 38.9 Å². The molecule has 0 spiro atoms. The van der Waals surface area contributed by atoms with Crippen molar-refractivity contribution in [1.82, 2.24) is 9.78 Å². The van der Waals surface area contributed by atoms with Crippen LogP contribution in [0.25, 0.3) is 11.3 Å². The Balaban J connectivity index is 2.62. The third-order valence-electron chi connectivity index (χ3n) is 2.57. The van der Waals surface area contributed by atoms with E-state index in [4.69, 9.17) is 0 Å². The molecule has 1 heterocycles. The lowest BCUT2D eigenvalue weighted by molar-refractivity contribution is 0.719. The highest BCUT2D eigenvalue weighted by atomic mass is 79.9. The molecule has 0 aliphatic heterocycles. The molecule has 0 unspecified atom stereocenters. The zero-order valence-electron chi connectivity index (χ0n) is 9.17. The van der Waals surface area contributed by atoms with Gasteiger partial charge in [-0.05, 0) is 28.4 Å². The van der Waals surface area contributed by atoms with E-state index in [0.29, 0.717) is 0 Å². The summed E-state index contributed by atoms with van der Waals surface area (Å²) in [6.07, 6.45) is 0.967. The van der Waals surface area contributed by atoms with Gasteiger partial charge in [0.2, 0.25) is 0 Å². The summed E-state index contributed by atoms with van der Waals surface area (Å²) in [4.78, 5) is 0. The fraction of sp³-hybridized carbons (Fsp3) is 0.250. The molecule has 16 heavy (non-hydrogen) atoms. The lowest BCUT2D eigenvalue weighted by Gasteiger charge is -2.00. The standard InChI is InChI=1S/C12H12Br2N2/c1-3-10-11(14)12(15-16(10)2)8-6-4-5-7-9(8)13/h4-7H,3H2,1-2H3. The molecule has 4 heteroatoms. The molecule has 2 nitrogen and oxygen atoms in total. The molecule has 2 rings (SSSR count). The van der Waals surface area contributed by atoms with E-state index >= 15 is 0 Å². The van der Waals surface area contributed by atoms with Gasteiger partial charge in [-0.2, -0.15) is 5.10 Å². The SMILES string of the molecule is CCc1c(Br)c(-c2ccccc2Br)nn1C. The molecule has 0 atom stereocenters. The maximum absolute atomic E-state index is 4.55. The van der Waals surface area contributed by atoms with Crippen LogP contribution in [0.5, 0.6) is 0 Å². The van der Waals surface area contributed by atoms with E-state index in [2.05, 4.69) is 49.9 Å². The zero-order chi connectivity index (χ0) is 11.7. The number of aryl methyl sites for hydroxylation is 1. The van der Waals surface area contributed by atoms with E-state index in [9.17, 15) is 0 Å². The van der Waals surface area contributed by atoms with Gasteiger partial charge in [-0.15, -0.1) is 0 Å². The van der Waals surface area contributed by atoms with E-state index < -0.39 is 0 Å². The molecule has 0 aliphatic carbocycles. The third kappa shape index (κ3) is 1.96. The maximum Gasteiger partial charge on any atom is 0.108 e. The van der Waals surface area contributed by atoms with Gasteiger partial charge in [0.1, 0.15) is 5.69 Å². The van der Waals surface area contributed by atoms with Crippen LogP contribution >= 0.6 is 31.9 Å². The van der Waals surface area contributed by atoms with E-state index in [1.54, 1.807) is 0 Å². The molecule has 0 aliphatic rings. The van der Waals surface area contributed by atoms with Crippen LogP contribution in [0.1, 0.15) is 12.6 Å². The summed E-state index contributed by atoms with van der Waals surface area (Å²) in [6, 6.07) is 8.12. The van der Waals surface area contributed by atoms with E-state index in [0.717, 1.165) is 26.6 Å².